The first-order chi connectivity index (χ1) is 9.68. The van der Waals surface area contributed by atoms with Crippen LogP contribution >= 0.6 is 0 Å². The first-order valence-electron chi connectivity index (χ1n) is 7.73. The van der Waals surface area contributed by atoms with Gasteiger partial charge in [0.05, 0.1) is 6.42 Å². The average Bonchev–Trinajstić information content (AvgIpc) is 2.35. The average molecular weight is 291 g/mol. The van der Waals surface area contributed by atoms with E-state index in [1.807, 2.05) is 0 Å². The summed E-state index contributed by atoms with van der Waals surface area (Å²) >= 11 is 0. The highest BCUT2D eigenvalue weighted by molar-refractivity contribution is 5.67. The Hall–Kier alpha value is -1.35. The molecular weight excluding hydrogens is 262 g/mol. The Balaban J connectivity index is 2.71. The van der Waals surface area contributed by atoms with Gasteiger partial charge < -0.3 is 10.4 Å². The number of aliphatic carboxylic acids is 1. The summed E-state index contributed by atoms with van der Waals surface area (Å²) in [6.07, 6.45) is 0.914. The molecule has 0 spiro atoms. The molecule has 1 rings (SSSR count). The van der Waals surface area contributed by atoms with E-state index in [0.29, 0.717) is 5.92 Å². The van der Waals surface area contributed by atoms with Gasteiger partial charge in [-0.05, 0) is 35.4 Å². The van der Waals surface area contributed by atoms with Crippen molar-refractivity contribution in [1.29, 1.82) is 0 Å². The Bertz CT molecular complexity index is 443. The summed E-state index contributed by atoms with van der Waals surface area (Å²) in [5.41, 5.74) is 2.64. The van der Waals surface area contributed by atoms with Crippen LogP contribution in [-0.2, 0) is 16.6 Å². The van der Waals surface area contributed by atoms with Crippen molar-refractivity contribution in [1.82, 2.24) is 5.32 Å². The third-order valence-corrected chi connectivity index (χ3v) is 3.54. The molecular formula is C18H29NO2. The summed E-state index contributed by atoms with van der Waals surface area (Å²) in [5, 5.41) is 12.4. The number of rotatable bonds is 7. The highest BCUT2D eigenvalue weighted by Crippen LogP contribution is 2.22. The Labute approximate surface area is 128 Å². The Morgan fingerprint density at radius 3 is 2.19 bits per heavy atom. The zero-order valence-corrected chi connectivity index (χ0v) is 13.9. The number of benzene rings is 1. The molecule has 0 aliphatic carbocycles. The lowest BCUT2D eigenvalue weighted by molar-refractivity contribution is -0.137. The van der Waals surface area contributed by atoms with Crippen molar-refractivity contribution in [2.24, 2.45) is 5.92 Å². The topological polar surface area (TPSA) is 49.3 Å². The van der Waals surface area contributed by atoms with Crippen LogP contribution in [0.25, 0.3) is 0 Å². The molecule has 0 aliphatic rings. The summed E-state index contributed by atoms with van der Waals surface area (Å²) in [6, 6.07) is 8.52. The van der Waals surface area contributed by atoms with E-state index < -0.39 is 5.97 Å². The molecule has 1 atom stereocenters. The maximum Gasteiger partial charge on any atom is 0.304 e. The molecule has 0 aromatic heterocycles. The lowest BCUT2D eigenvalue weighted by atomic mass is 9.86. The monoisotopic (exact) mass is 291 g/mol. The highest BCUT2D eigenvalue weighted by atomic mass is 16.4. The Morgan fingerprint density at radius 2 is 1.76 bits per heavy atom. The third kappa shape index (κ3) is 6.76. The van der Waals surface area contributed by atoms with Gasteiger partial charge in [0.25, 0.3) is 0 Å². The van der Waals surface area contributed by atoms with E-state index in [9.17, 15) is 4.79 Å². The fourth-order valence-corrected chi connectivity index (χ4v) is 2.26. The number of carboxylic acid groups (broad SMARTS) is 1. The highest BCUT2D eigenvalue weighted by Gasteiger charge is 2.16. The van der Waals surface area contributed by atoms with Crippen molar-refractivity contribution in [3.8, 4) is 0 Å². The van der Waals surface area contributed by atoms with E-state index >= 15 is 0 Å². The second-order valence-corrected chi connectivity index (χ2v) is 7.25. The first kappa shape index (κ1) is 17.7. The first-order valence-corrected chi connectivity index (χ1v) is 7.73. The fourth-order valence-electron chi connectivity index (χ4n) is 2.26. The van der Waals surface area contributed by atoms with Crippen LogP contribution in [0.2, 0.25) is 0 Å². The van der Waals surface area contributed by atoms with E-state index in [0.717, 1.165) is 13.0 Å². The van der Waals surface area contributed by atoms with Crippen LogP contribution in [0, 0.1) is 5.92 Å². The number of carboxylic acids is 1. The van der Waals surface area contributed by atoms with E-state index in [1.54, 1.807) is 0 Å². The summed E-state index contributed by atoms with van der Waals surface area (Å²) < 4.78 is 0. The molecule has 1 aromatic rings. The van der Waals surface area contributed by atoms with Gasteiger partial charge in [-0.1, -0.05) is 58.9 Å². The van der Waals surface area contributed by atoms with Crippen LogP contribution in [0.4, 0.5) is 0 Å². The van der Waals surface area contributed by atoms with Crippen molar-refractivity contribution in [3.05, 3.63) is 35.4 Å². The molecule has 0 amide bonds. The van der Waals surface area contributed by atoms with Gasteiger partial charge >= 0.3 is 5.97 Å². The molecule has 0 heterocycles. The smallest absolute Gasteiger partial charge is 0.304 e. The summed E-state index contributed by atoms with van der Waals surface area (Å²) in [7, 11) is 0. The molecule has 3 heteroatoms. The van der Waals surface area contributed by atoms with Gasteiger partial charge in [-0.2, -0.15) is 0 Å². The van der Waals surface area contributed by atoms with Gasteiger partial charge in [-0.15, -0.1) is 0 Å². The zero-order valence-electron chi connectivity index (χ0n) is 13.9. The van der Waals surface area contributed by atoms with Gasteiger partial charge in [0.2, 0.25) is 0 Å². The standard InChI is InChI=1S/C18H29NO2/c1-13(2)12-19-16(11-17(20)21)10-14-6-8-15(9-7-14)18(3,4)5/h6-9,13,16,19H,10-12H2,1-5H3,(H,20,21). The zero-order chi connectivity index (χ0) is 16.0. The van der Waals surface area contributed by atoms with Gasteiger partial charge in [-0.25, -0.2) is 0 Å². The second kappa shape index (κ2) is 7.60. The molecule has 2 N–H and O–H groups in total. The molecule has 0 radical (unpaired) electrons. The van der Waals surface area contributed by atoms with E-state index in [4.69, 9.17) is 5.11 Å². The molecule has 3 nitrogen and oxygen atoms in total. The Morgan fingerprint density at radius 1 is 1.19 bits per heavy atom. The summed E-state index contributed by atoms with van der Waals surface area (Å²) in [6.45, 7) is 11.7. The number of hydrogen-bond donors (Lipinski definition) is 2. The van der Waals surface area contributed by atoms with Crippen molar-refractivity contribution in [3.63, 3.8) is 0 Å². The van der Waals surface area contributed by atoms with Gasteiger partial charge in [-0.3, -0.25) is 4.79 Å². The lowest BCUT2D eigenvalue weighted by Gasteiger charge is -2.21. The van der Waals surface area contributed by atoms with Crippen molar-refractivity contribution < 1.29 is 9.90 Å². The van der Waals surface area contributed by atoms with Gasteiger partial charge in [0.1, 0.15) is 0 Å². The van der Waals surface area contributed by atoms with Crippen molar-refractivity contribution in [2.45, 2.75) is 58.9 Å². The molecule has 21 heavy (non-hydrogen) atoms. The quantitative estimate of drug-likeness (QED) is 0.806. The molecule has 0 saturated carbocycles. The van der Waals surface area contributed by atoms with E-state index in [1.165, 1.54) is 11.1 Å². The number of carbonyl (C=O) groups is 1. The Kier molecular flexibility index (Phi) is 6.41. The predicted octanol–water partition coefficient (Wildman–Crippen LogP) is 3.62. The lowest BCUT2D eigenvalue weighted by Crippen LogP contribution is -2.35. The number of hydrogen-bond acceptors (Lipinski definition) is 2. The third-order valence-electron chi connectivity index (χ3n) is 3.54. The van der Waals surface area contributed by atoms with Crippen molar-refractivity contribution >= 4 is 5.97 Å². The maximum absolute atomic E-state index is 11.0. The van der Waals surface area contributed by atoms with Crippen molar-refractivity contribution in [2.75, 3.05) is 6.54 Å². The second-order valence-electron chi connectivity index (χ2n) is 7.25. The maximum atomic E-state index is 11.0. The van der Waals surface area contributed by atoms with Gasteiger partial charge in [0, 0.05) is 6.04 Å². The molecule has 1 unspecified atom stereocenters. The van der Waals surface area contributed by atoms with Crippen LogP contribution < -0.4 is 5.32 Å². The molecule has 118 valence electrons. The molecule has 0 saturated heterocycles. The van der Waals surface area contributed by atoms with Crippen LogP contribution in [0.1, 0.15) is 52.2 Å². The van der Waals surface area contributed by atoms with E-state index in [2.05, 4.69) is 64.2 Å². The normalized spacial score (nSPS) is 13.4. The van der Waals surface area contributed by atoms with Crippen LogP contribution in [0.3, 0.4) is 0 Å². The minimum Gasteiger partial charge on any atom is -0.481 e. The fraction of sp³-hybridized carbons (Fsp3) is 0.611. The van der Waals surface area contributed by atoms with Crippen LogP contribution in [0.15, 0.2) is 24.3 Å². The summed E-state index contributed by atoms with van der Waals surface area (Å²) in [5.74, 6) is -0.230. The molecule has 1 aromatic carbocycles. The van der Waals surface area contributed by atoms with Crippen LogP contribution in [0.5, 0.6) is 0 Å². The largest absolute Gasteiger partial charge is 0.481 e. The SMILES string of the molecule is CC(C)CNC(CC(=O)O)Cc1ccc(C(C)(C)C)cc1. The van der Waals surface area contributed by atoms with Gasteiger partial charge in [0.15, 0.2) is 0 Å². The van der Waals surface area contributed by atoms with E-state index in [-0.39, 0.29) is 17.9 Å². The molecule has 0 aliphatic heterocycles. The minimum absolute atomic E-state index is 0.00890. The number of nitrogens with one attached hydrogen (secondary N) is 1. The molecule has 0 fully saturated rings. The summed E-state index contributed by atoms with van der Waals surface area (Å²) in [4.78, 5) is 11.0. The minimum atomic E-state index is -0.748. The van der Waals surface area contributed by atoms with Crippen LogP contribution in [-0.4, -0.2) is 23.7 Å². The molecule has 0 bridgehead atoms. The predicted molar refractivity (Wildman–Crippen MR) is 87.7 cm³/mol.